The third kappa shape index (κ3) is 4.60. The molecule has 0 spiro atoms. The topological polar surface area (TPSA) is 81.4 Å². The molecule has 0 saturated heterocycles. The summed E-state index contributed by atoms with van der Waals surface area (Å²) >= 11 is 1.13. The minimum Gasteiger partial charge on any atom is -0.455 e. The van der Waals surface area contributed by atoms with Gasteiger partial charge >= 0.3 is 5.97 Å². The number of ether oxygens (including phenoxy) is 1. The second-order valence-electron chi connectivity index (χ2n) is 5.26. The van der Waals surface area contributed by atoms with E-state index in [0.717, 1.165) is 22.8 Å². The van der Waals surface area contributed by atoms with Gasteiger partial charge in [0, 0.05) is 5.69 Å². The molecule has 128 valence electrons. The average molecular weight is 356 g/mol. The molecule has 2 aromatic carbocycles. The van der Waals surface area contributed by atoms with Crippen molar-refractivity contribution < 1.29 is 18.7 Å². The van der Waals surface area contributed by atoms with Gasteiger partial charge in [-0.15, -0.1) is 0 Å². The molecule has 1 N–H and O–H groups in total. The van der Waals surface area contributed by atoms with Gasteiger partial charge in [-0.25, -0.2) is 4.98 Å². The molecule has 0 unspecified atom stereocenters. The van der Waals surface area contributed by atoms with E-state index < -0.39 is 5.97 Å². The monoisotopic (exact) mass is 356 g/mol. The minimum atomic E-state index is -0.507. The molecule has 1 aromatic heterocycles. The van der Waals surface area contributed by atoms with Crippen molar-refractivity contribution in [2.45, 2.75) is 12.1 Å². The Kier molecular flexibility index (Phi) is 5.35. The second-order valence-corrected chi connectivity index (χ2v) is 6.19. The molecule has 0 aliphatic rings. The summed E-state index contributed by atoms with van der Waals surface area (Å²) in [6, 6.07) is 14.7. The van der Waals surface area contributed by atoms with Gasteiger partial charge in [0.15, 0.2) is 12.2 Å². The third-order valence-corrected chi connectivity index (χ3v) is 4.17. The Morgan fingerprint density at radius 3 is 2.72 bits per heavy atom. The van der Waals surface area contributed by atoms with E-state index in [1.165, 1.54) is 0 Å². The van der Waals surface area contributed by atoms with Crippen molar-refractivity contribution in [3.63, 3.8) is 0 Å². The molecule has 0 atom stereocenters. The molecule has 1 heterocycles. The molecule has 6 nitrogen and oxygen atoms in total. The summed E-state index contributed by atoms with van der Waals surface area (Å²) in [5, 5.41) is 3.09. The quantitative estimate of drug-likeness (QED) is 0.538. The number of aromatic nitrogens is 1. The highest BCUT2D eigenvalue weighted by Gasteiger charge is 2.12. The lowest BCUT2D eigenvalue weighted by atomic mass is 10.2. The number of amides is 1. The molecule has 7 heteroatoms. The Balaban J connectivity index is 1.44. The number of aryl methyl sites for hydroxylation is 1. The maximum atomic E-state index is 11.8. The van der Waals surface area contributed by atoms with Gasteiger partial charge in [-0.05, 0) is 30.7 Å². The first kappa shape index (κ1) is 17.0. The van der Waals surface area contributed by atoms with Crippen molar-refractivity contribution in [2.24, 2.45) is 0 Å². The van der Waals surface area contributed by atoms with Crippen LogP contribution in [-0.2, 0) is 14.3 Å². The van der Waals surface area contributed by atoms with Crippen LogP contribution in [0.15, 0.2) is 58.2 Å². The van der Waals surface area contributed by atoms with E-state index in [1.807, 2.05) is 43.3 Å². The number of para-hydroxylation sites is 3. The molecule has 0 saturated carbocycles. The zero-order valence-corrected chi connectivity index (χ0v) is 14.3. The zero-order valence-electron chi connectivity index (χ0n) is 13.5. The van der Waals surface area contributed by atoms with E-state index in [0.29, 0.717) is 16.5 Å². The van der Waals surface area contributed by atoms with Crippen molar-refractivity contribution in [1.29, 1.82) is 0 Å². The molecule has 3 rings (SSSR count). The van der Waals surface area contributed by atoms with Crippen molar-refractivity contribution in [1.82, 2.24) is 4.98 Å². The van der Waals surface area contributed by atoms with Crippen LogP contribution in [0.4, 0.5) is 5.69 Å². The molecule has 3 aromatic rings. The summed E-state index contributed by atoms with van der Waals surface area (Å²) in [5.74, 6) is -0.869. The molecular formula is C18H16N2O4S. The van der Waals surface area contributed by atoms with Gasteiger partial charge in [0.05, 0.1) is 0 Å². The SMILES string of the molecule is Cc1ccccc1NC(=O)COC(=O)CSc1nc2ccccc2o1. The van der Waals surface area contributed by atoms with Crippen molar-refractivity contribution in [2.75, 3.05) is 17.7 Å². The molecule has 0 bridgehead atoms. The average Bonchev–Trinajstić information content (AvgIpc) is 3.03. The van der Waals surface area contributed by atoms with Gasteiger partial charge in [0.25, 0.3) is 11.1 Å². The fourth-order valence-corrected chi connectivity index (χ4v) is 2.76. The molecule has 0 aliphatic heterocycles. The second kappa shape index (κ2) is 7.85. The van der Waals surface area contributed by atoms with Crippen LogP contribution in [0.5, 0.6) is 0 Å². The first-order valence-corrected chi connectivity index (χ1v) is 8.60. The van der Waals surface area contributed by atoms with E-state index in [2.05, 4.69) is 10.3 Å². The Morgan fingerprint density at radius 2 is 1.92 bits per heavy atom. The summed E-state index contributed by atoms with van der Waals surface area (Å²) < 4.78 is 10.5. The Bertz CT molecular complexity index is 874. The van der Waals surface area contributed by atoms with Gasteiger partial charge in [-0.1, -0.05) is 42.1 Å². The normalized spacial score (nSPS) is 10.6. The van der Waals surface area contributed by atoms with Crippen molar-refractivity contribution in [3.05, 3.63) is 54.1 Å². The van der Waals surface area contributed by atoms with Crippen LogP contribution in [0.1, 0.15) is 5.56 Å². The summed E-state index contributed by atoms with van der Waals surface area (Å²) in [6.07, 6.45) is 0. The Hall–Kier alpha value is -2.80. The maximum absolute atomic E-state index is 11.8. The van der Waals surface area contributed by atoms with Crippen LogP contribution in [0.3, 0.4) is 0 Å². The Morgan fingerprint density at radius 1 is 1.16 bits per heavy atom. The van der Waals surface area contributed by atoms with Crippen LogP contribution >= 0.6 is 11.8 Å². The number of anilines is 1. The maximum Gasteiger partial charge on any atom is 0.316 e. The van der Waals surface area contributed by atoms with E-state index in [-0.39, 0.29) is 18.3 Å². The van der Waals surface area contributed by atoms with Crippen LogP contribution in [0.2, 0.25) is 0 Å². The lowest BCUT2D eigenvalue weighted by Crippen LogP contribution is -2.22. The van der Waals surface area contributed by atoms with Gasteiger partial charge in [0.2, 0.25) is 0 Å². The first-order chi connectivity index (χ1) is 12.1. The number of hydrogen-bond acceptors (Lipinski definition) is 6. The number of oxazole rings is 1. The first-order valence-electron chi connectivity index (χ1n) is 7.61. The van der Waals surface area contributed by atoms with Gasteiger partial charge in [0.1, 0.15) is 11.3 Å². The predicted octanol–water partition coefficient (Wildman–Crippen LogP) is 3.41. The third-order valence-electron chi connectivity index (χ3n) is 3.37. The minimum absolute atomic E-state index is 0.0183. The molecule has 1 amide bonds. The molecule has 25 heavy (non-hydrogen) atoms. The van der Waals surface area contributed by atoms with Crippen LogP contribution in [0, 0.1) is 6.92 Å². The highest BCUT2D eigenvalue weighted by molar-refractivity contribution is 7.99. The number of esters is 1. The highest BCUT2D eigenvalue weighted by atomic mass is 32.2. The molecule has 0 radical (unpaired) electrons. The lowest BCUT2D eigenvalue weighted by Gasteiger charge is -2.08. The summed E-state index contributed by atoms with van der Waals surface area (Å²) in [5.41, 5.74) is 3.03. The number of hydrogen-bond donors (Lipinski definition) is 1. The van der Waals surface area contributed by atoms with Crippen molar-refractivity contribution in [3.8, 4) is 0 Å². The standard InChI is InChI=1S/C18H16N2O4S/c1-12-6-2-3-7-13(12)19-16(21)10-23-17(22)11-25-18-20-14-8-4-5-9-15(14)24-18/h2-9H,10-11H2,1H3,(H,19,21). The van der Waals surface area contributed by atoms with Crippen LogP contribution < -0.4 is 5.32 Å². The number of thioether (sulfide) groups is 1. The van der Waals surface area contributed by atoms with Crippen molar-refractivity contribution >= 4 is 40.4 Å². The van der Waals surface area contributed by atoms with Gasteiger partial charge in [-0.3, -0.25) is 9.59 Å². The number of fused-ring (bicyclic) bond motifs is 1. The summed E-state index contributed by atoms with van der Waals surface area (Å²) in [4.78, 5) is 27.9. The number of carbonyl (C=O) groups excluding carboxylic acids is 2. The molecule has 0 fully saturated rings. The van der Waals surface area contributed by atoms with E-state index in [1.54, 1.807) is 12.1 Å². The number of carbonyl (C=O) groups is 2. The number of rotatable bonds is 6. The summed E-state index contributed by atoms with van der Waals surface area (Å²) in [6.45, 7) is 1.56. The highest BCUT2D eigenvalue weighted by Crippen LogP contribution is 2.23. The molecular weight excluding hydrogens is 340 g/mol. The zero-order chi connectivity index (χ0) is 17.6. The summed E-state index contributed by atoms with van der Waals surface area (Å²) in [7, 11) is 0. The number of nitrogens with one attached hydrogen (secondary N) is 1. The van der Waals surface area contributed by atoms with Crippen LogP contribution in [-0.4, -0.2) is 29.2 Å². The number of nitrogens with zero attached hydrogens (tertiary/aromatic N) is 1. The largest absolute Gasteiger partial charge is 0.455 e. The number of benzene rings is 2. The fourth-order valence-electron chi connectivity index (χ4n) is 2.12. The fraction of sp³-hybridized carbons (Fsp3) is 0.167. The van der Waals surface area contributed by atoms with E-state index in [4.69, 9.17) is 9.15 Å². The van der Waals surface area contributed by atoms with Gasteiger partial charge < -0.3 is 14.5 Å². The van der Waals surface area contributed by atoms with E-state index in [9.17, 15) is 9.59 Å². The smallest absolute Gasteiger partial charge is 0.316 e. The van der Waals surface area contributed by atoms with Gasteiger partial charge in [-0.2, -0.15) is 0 Å². The predicted molar refractivity (Wildman–Crippen MR) is 95.5 cm³/mol. The molecule has 0 aliphatic carbocycles. The van der Waals surface area contributed by atoms with Crippen LogP contribution in [0.25, 0.3) is 11.1 Å². The Labute approximate surface area is 148 Å². The van der Waals surface area contributed by atoms with E-state index >= 15 is 0 Å². The lowest BCUT2D eigenvalue weighted by molar-refractivity contribution is -0.144.